The Labute approximate surface area is 133 Å². The van der Waals surface area contributed by atoms with Gasteiger partial charge in [0.05, 0.1) is 0 Å². The van der Waals surface area contributed by atoms with E-state index in [1.165, 1.54) is 16.0 Å². The molecule has 2 aromatic rings. The molecule has 4 heteroatoms. The molecule has 1 aromatic carbocycles. The van der Waals surface area contributed by atoms with Gasteiger partial charge in [-0.05, 0) is 49.0 Å². The quantitative estimate of drug-likeness (QED) is 0.851. The molecule has 0 radical (unpaired) electrons. The van der Waals surface area contributed by atoms with Gasteiger partial charge in [-0.3, -0.25) is 4.90 Å². The molecule has 108 valence electrons. The van der Waals surface area contributed by atoms with Crippen LogP contribution in [0.5, 0.6) is 0 Å². The second-order valence-electron chi connectivity index (χ2n) is 5.07. The van der Waals surface area contributed by atoms with E-state index < -0.39 is 0 Å². The summed E-state index contributed by atoms with van der Waals surface area (Å²) >= 11 is 5.37. The van der Waals surface area contributed by atoms with E-state index in [0.717, 1.165) is 17.4 Å². The molecule has 0 saturated heterocycles. The van der Waals surface area contributed by atoms with Crippen LogP contribution in [0.2, 0.25) is 0 Å². The lowest BCUT2D eigenvalue weighted by Crippen LogP contribution is -2.32. The lowest BCUT2D eigenvalue weighted by atomic mass is 10.0. The number of thiophene rings is 1. The molecule has 1 aromatic heterocycles. The van der Waals surface area contributed by atoms with E-state index in [4.69, 9.17) is 5.73 Å². The van der Waals surface area contributed by atoms with Gasteiger partial charge in [0, 0.05) is 28.5 Å². The highest BCUT2D eigenvalue weighted by atomic mass is 79.9. The number of aryl methyl sites for hydroxylation is 1. The Hall–Kier alpha value is -0.680. The zero-order chi connectivity index (χ0) is 14.5. The van der Waals surface area contributed by atoms with Gasteiger partial charge in [-0.15, -0.1) is 11.3 Å². The standard InChI is InChI=1S/C16H21BrN2S/c1-12-10-13(5-6-15(12)17)16(11-18)19(2)8-7-14-4-3-9-20-14/h3-6,9-10,16H,7-8,11,18H2,1-2H3. The van der Waals surface area contributed by atoms with E-state index in [1.54, 1.807) is 0 Å². The highest BCUT2D eigenvalue weighted by Crippen LogP contribution is 2.24. The van der Waals surface area contributed by atoms with E-state index in [2.05, 4.69) is 70.5 Å². The van der Waals surface area contributed by atoms with Gasteiger partial charge in [0.25, 0.3) is 0 Å². The normalized spacial score (nSPS) is 12.8. The van der Waals surface area contributed by atoms with Gasteiger partial charge in [-0.2, -0.15) is 0 Å². The fraction of sp³-hybridized carbons (Fsp3) is 0.375. The van der Waals surface area contributed by atoms with Gasteiger partial charge in [0.15, 0.2) is 0 Å². The van der Waals surface area contributed by atoms with Crippen LogP contribution in [-0.4, -0.2) is 25.0 Å². The Morgan fingerprint density at radius 2 is 2.15 bits per heavy atom. The molecule has 0 aliphatic carbocycles. The average molecular weight is 353 g/mol. The first kappa shape index (κ1) is 15.7. The molecular weight excluding hydrogens is 332 g/mol. The van der Waals surface area contributed by atoms with Crippen molar-refractivity contribution in [2.75, 3.05) is 20.1 Å². The number of likely N-dealkylation sites (N-methyl/N-ethyl adjacent to an activating group) is 1. The van der Waals surface area contributed by atoms with Crippen molar-refractivity contribution < 1.29 is 0 Å². The zero-order valence-corrected chi connectivity index (χ0v) is 14.4. The van der Waals surface area contributed by atoms with Crippen LogP contribution in [0.4, 0.5) is 0 Å². The lowest BCUT2D eigenvalue weighted by molar-refractivity contribution is 0.253. The molecule has 2 rings (SSSR count). The summed E-state index contributed by atoms with van der Waals surface area (Å²) in [6, 6.07) is 11.1. The summed E-state index contributed by atoms with van der Waals surface area (Å²) < 4.78 is 1.15. The largest absolute Gasteiger partial charge is 0.329 e. The maximum atomic E-state index is 5.99. The first-order valence-electron chi connectivity index (χ1n) is 6.80. The van der Waals surface area contributed by atoms with E-state index >= 15 is 0 Å². The molecule has 1 atom stereocenters. The smallest absolute Gasteiger partial charge is 0.0467 e. The second-order valence-corrected chi connectivity index (χ2v) is 6.96. The van der Waals surface area contributed by atoms with E-state index in [1.807, 2.05) is 11.3 Å². The summed E-state index contributed by atoms with van der Waals surface area (Å²) in [5.74, 6) is 0. The Morgan fingerprint density at radius 3 is 2.75 bits per heavy atom. The third-order valence-electron chi connectivity index (χ3n) is 3.61. The van der Waals surface area contributed by atoms with Crippen LogP contribution in [-0.2, 0) is 6.42 Å². The van der Waals surface area contributed by atoms with Crippen molar-refractivity contribution >= 4 is 27.3 Å². The maximum Gasteiger partial charge on any atom is 0.0467 e. The predicted octanol–water partition coefficient (Wildman–Crippen LogP) is 3.99. The molecule has 0 amide bonds. The van der Waals surface area contributed by atoms with Crippen molar-refractivity contribution in [2.45, 2.75) is 19.4 Å². The number of benzene rings is 1. The Balaban J connectivity index is 2.04. The Morgan fingerprint density at radius 1 is 1.35 bits per heavy atom. The van der Waals surface area contributed by atoms with E-state index in [-0.39, 0.29) is 6.04 Å². The molecule has 20 heavy (non-hydrogen) atoms. The molecule has 0 saturated carbocycles. The van der Waals surface area contributed by atoms with Crippen LogP contribution in [0, 0.1) is 6.92 Å². The molecule has 1 unspecified atom stereocenters. The van der Waals surface area contributed by atoms with Gasteiger partial charge in [0.2, 0.25) is 0 Å². The first-order chi connectivity index (χ1) is 9.61. The van der Waals surface area contributed by atoms with Crippen LogP contribution in [0.3, 0.4) is 0 Å². The average Bonchev–Trinajstić information content (AvgIpc) is 2.94. The van der Waals surface area contributed by atoms with Gasteiger partial charge < -0.3 is 5.73 Å². The van der Waals surface area contributed by atoms with E-state index in [9.17, 15) is 0 Å². The fourth-order valence-corrected chi connectivity index (χ4v) is 3.29. The SMILES string of the molecule is Cc1cc(C(CN)N(C)CCc2cccs2)ccc1Br. The lowest BCUT2D eigenvalue weighted by Gasteiger charge is -2.27. The summed E-state index contributed by atoms with van der Waals surface area (Å²) in [5, 5.41) is 2.13. The minimum absolute atomic E-state index is 0.279. The highest BCUT2D eigenvalue weighted by molar-refractivity contribution is 9.10. The van der Waals surface area contributed by atoms with Crippen LogP contribution in [0.15, 0.2) is 40.2 Å². The van der Waals surface area contributed by atoms with E-state index in [0.29, 0.717) is 6.54 Å². The summed E-state index contributed by atoms with van der Waals surface area (Å²) in [6.07, 6.45) is 1.08. The molecule has 2 N–H and O–H groups in total. The van der Waals surface area contributed by atoms with Gasteiger partial charge in [0.1, 0.15) is 0 Å². The summed E-state index contributed by atoms with van der Waals surface area (Å²) in [5.41, 5.74) is 8.54. The van der Waals surface area contributed by atoms with Crippen LogP contribution in [0.25, 0.3) is 0 Å². The monoisotopic (exact) mass is 352 g/mol. The van der Waals surface area contributed by atoms with Crippen molar-refractivity contribution in [1.82, 2.24) is 4.90 Å². The zero-order valence-electron chi connectivity index (χ0n) is 12.0. The van der Waals surface area contributed by atoms with Crippen molar-refractivity contribution in [2.24, 2.45) is 5.73 Å². The van der Waals surface area contributed by atoms with Crippen molar-refractivity contribution in [1.29, 1.82) is 0 Å². The molecular formula is C16H21BrN2S. The molecule has 0 aliphatic heterocycles. The van der Waals surface area contributed by atoms with Crippen LogP contribution < -0.4 is 5.73 Å². The van der Waals surface area contributed by atoms with Gasteiger partial charge in [-0.25, -0.2) is 0 Å². The summed E-state index contributed by atoms with van der Waals surface area (Å²) in [6.45, 7) is 3.78. The fourth-order valence-electron chi connectivity index (χ4n) is 2.34. The predicted molar refractivity (Wildman–Crippen MR) is 91.3 cm³/mol. The third-order valence-corrected chi connectivity index (χ3v) is 5.44. The highest BCUT2D eigenvalue weighted by Gasteiger charge is 2.16. The molecule has 1 heterocycles. The number of hydrogen-bond acceptors (Lipinski definition) is 3. The van der Waals surface area contributed by atoms with Gasteiger partial charge in [-0.1, -0.05) is 34.1 Å². The van der Waals surface area contributed by atoms with Gasteiger partial charge >= 0.3 is 0 Å². The number of nitrogens with two attached hydrogens (primary N) is 1. The van der Waals surface area contributed by atoms with Crippen molar-refractivity contribution in [3.63, 3.8) is 0 Å². The number of nitrogens with zero attached hydrogens (tertiary/aromatic N) is 1. The van der Waals surface area contributed by atoms with Crippen LogP contribution in [0.1, 0.15) is 22.0 Å². The molecule has 2 nitrogen and oxygen atoms in total. The summed E-state index contributed by atoms with van der Waals surface area (Å²) in [4.78, 5) is 3.78. The first-order valence-corrected chi connectivity index (χ1v) is 8.48. The molecule has 0 aliphatic rings. The molecule has 0 fully saturated rings. The Kier molecular flexibility index (Phi) is 5.78. The summed E-state index contributed by atoms with van der Waals surface area (Å²) in [7, 11) is 2.16. The third kappa shape index (κ3) is 3.92. The number of rotatable bonds is 6. The van der Waals surface area contributed by atoms with Crippen LogP contribution >= 0.6 is 27.3 Å². The Bertz CT molecular complexity index is 539. The minimum atomic E-state index is 0.279. The topological polar surface area (TPSA) is 29.3 Å². The number of hydrogen-bond donors (Lipinski definition) is 1. The minimum Gasteiger partial charge on any atom is -0.329 e. The number of halogens is 1. The van der Waals surface area contributed by atoms with Crippen molar-refractivity contribution in [3.05, 3.63) is 56.2 Å². The second kappa shape index (κ2) is 7.36. The molecule has 0 bridgehead atoms. The van der Waals surface area contributed by atoms with Crippen molar-refractivity contribution in [3.8, 4) is 0 Å². The maximum absolute atomic E-state index is 5.99. The molecule has 0 spiro atoms.